The van der Waals surface area contributed by atoms with E-state index in [1.54, 1.807) is 45.7 Å². The summed E-state index contributed by atoms with van der Waals surface area (Å²) in [5.74, 6) is -0.281. The Hall–Kier alpha value is -5.27. The van der Waals surface area contributed by atoms with Crippen molar-refractivity contribution in [1.29, 1.82) is 0 Å². The second kappa shape index (κ2) is 12.9. The lowest BCUT2D eigenvalue weighted by Gasteiger charge is -2.35. The number of nitrogens with zero attached hydrogens (tertiary/aromatic N) is 5. The molecule has 1 aliphatic heterocycles. The van der Waals surface area contributed by atoms with Gasteiger partial charge in [0.25, 0.3) is 11.8 Å². The van der Waals surface area contributed by atoms with Gasteiger partial charge in [-0.3, -0.25) is 9.59 Å². The van der Waals surface area contributed by atoms with Crippen LogP contribution in [0.5, 0.6) is 17.4 Å². The predicted octanol–water partition coefficient (Wildman–Crippen LogP) is 6.23. The van der Waals surface area contributed by atoms with Crippen LogP contribution < -0.4 is 14.4 Å². The summed E-state index contributed by atoms with van der Waals surface area (Å²) in [6, 6.07) is 15.1. The van der Waals surface area contributed by atoms with Crippen LogP contribution in [0.25, 0.3) is 10.9 Å². The molecule has 248 valence electrons. The van der Waals surface area contributed by atoms with Crippen LogP contribution in [0.2, 0.25) is 0 Å². The summed E-state index contributed by atoms with van der Waals surface area (Å²) in [7, 11) is 3.32. The molecule has 3 amide bonds. The summed E-state index contributed by atoms with van der Waals surface area (Å²) >= 11 is 0. The first-order valence-corrected chi connectivity index (χ1v) is 14.7. The largest absolute Gasteiger partial charge is 0.573 e. The molecule has 3 heterocycles. The Morgan fingerprint density at radius 2 is 1.49 bits per heavy atom. The lowest BCUT2D eigenvalue weighted by Crippen LogP contribution is -2.51. The monoisotopic (exact) mass is 653 g/mol. The van der Waals surface area contributed by atoms with Gasteiger partial charge >= 0.3 is 12.5 Å². The number of carbonyl (C=O) groups excluding carboxylic acids is 3. The van der Waals surface area contributed by atoms with Gasteiger partial charge in [0.15, 0.2) is 0 Å². The smallest absolute Gasteiger partial charge is 0.444 e. The van der Waals surface area contributed by atoms with E-state index in [0.29, 0.717) is 43.3 Å². The van der Waals surface area contributed by atoms with Gasteiger partial charge in [0.2, 0.25) is 5.88 Å². The van der Waals surface area contributed by atoms with Crippen molar-refractivity contribution in [2.45, 2.75) is 32.7 Å². The highest BCUT2D eigenvalue weighted by Crippen LogP contribution is 2.29. The zero-order chi connectivity index (χ0) is 34.1. The third kappa shape index (κ3) is 7.94. The highest BCUT2D eigenvalue weighted by Gasteiger charge is 2.31. The van der Waals surface area contributed by atoms with E-state index in [1.807, 2.05) is 32.9 Å². The molecule has 11 nitrogen and oxygen atoms in total. The number of aromatic nitrogens is 2. The molecule has 2 aromatic heterocycles. The van der Waals surface area contributed by atoms with Crippen molar-refractivity contribution in [3.05, 3.63) is 78.1 Å². The van der Waals surface area contributed by atoms with Crippen LogP contribution >= 0.6 is 0 Å². The summed E-state index contributed by atoms with van der Waals surface area (Å²) in [5.41, 5.74) is 1.28. The summed E-state index contributed by atoms with van der Waals surface area (Å²) in [6.45, 7) is 6.98. The fourth-order valence-electron chi connectivity index (χ4n) is 5.02. The van der Waals surface area contributed by atoms with E-state index < -0.39 is 29.7 Å². The number of anilines is 1. The standard InChI is InChI=1S/C33H34F3N5O6/c1-32(2,3)47-31(44)41-16-14-40(15-17-41)30(43)27-18-22-8-12-25(19-26(22)39(27)5)45-28-13-9-23(20-37-28)38(4)29(42)21-6-10-24(11-7-21)46-33(34,35)36/h6-13,18-20H,14-17H2,1-5H3. The van der Waals surface area contributed by atoms with Gasteiger partial charge in [-0.1, -0.05) is 0 Å². The van der Waals surface area contributed by atoms with Crippen molar-refractivity contribution in [2.75, 3.05) is 38.1 Å². The van der Waals surface area contributed by atoms with E-state index in [-0.39, 0.29) is 17.4 Å². The first-order valence-electron chi connectivity index (χ1n) is 14.7. The number of benzene rings is 2. The summed E-state index contributed by atoms with van der Waals surface area (Å²) in [5, 5.41) is 0.844. The second-order valence-electron chi connectivity index (χ2n) is 12.0. The zero-order valence-electron chi connectivity index (χ0n) is 26.5. The fraction of sp³-hybridized carbons (Fsp3) is 0.333. The zero-order valence-corrected chi connectivity index (χ0v) is 26.5. The van der Waals surface area contributed by atoms with E-state index in [9.17, 15) is 27.6 Å². The number of hydrogen-bond donors (Lipinski definition) is 0. The van der Waals surface area contributed by atoms with Crippen molar-refractivity contribution in [2.24, 2.45) is 7.05 Å². The third-order valence-corrected chi connectivity index (χ3v) is 7.42. The van der Waals surface area contributed by atoms with Gasteiger partial charge in [-0.15, -0.1) is 13.2 Å². The van der Waals surface area contributed by atoms with Crippen LogP contribution in [0.15, 0.2) is 66.9 Å². The number of aryl methyl sites for hydroxylation is 1. The number of halogens is 3. The topological polar surface area (TPSA) is 106 Å². The molecule has 0 saturated carbocycles. The van der Waals surface area contributed by atoms with E-state index in [0.717, 1.165) is 23.0 Å². The average molecular weight is 654 g/mol. The van der Waals surface area contributed by atoms with Gasteiger partial charge in [-0.05, 0) is 69.3 Å². The Bertz CT molecular complexity index is 1770. The molecule has 0 radical (unpaired) electrons. The van der Waals surface area contributed by atoms with Crippen molar-refractivity contribution in [3.63, 3.8) is 0 Å². The number of pyridine rings is 1. The van der Waals surface area contributed by atoms with E-state index in [2.05, 4.69) is 9.72 Å². The molecule has 0 bridgehead atoms. The van der Waals surface area contributed by atoms with Crippen LogP contribution in [-0.2, 0) is 11.8 Å². The number of hydrogen-bond acceptors (Lipinski definition) is 7. The SMILES string of the molecule is CN(C(=O)c1ccc(OC(F)(F)F)cc1)c1ccc(Oc2ccc3cc(C(=O)N4CCN(C(=O)OC(C)(C)C)CC4)n(C)c3c2)nc1. The molecule has 0 unspecified atom stereocenters. The Morgan fingerprint density at radius 1 is 0.851 bits per heavy atom. The maximum absolute atomic E-state index is 13.4. The van der Waals surface area contributed by atoms with E-state index in [1.165, 1.54) is 30.3 Å². The molecule has 47 heavy (non-hydrogen) atoms. The normalized spacial score (nSPS) is 13.8. The number of carbonyl (C=O) groups is 3. The highest BCUT2D eigenvalue weighted by molar-refractivity contribution is 6.05. The van der Waals surface area contributed by atoms with Gasteiger partial charge in [0, 0.05) is 63.4 Å². The van der Waals surface area contributed by atoms with Gasteiger partial charge in [0.05, 0.1) is 17.4 Å². The minimum atomic E-state index is -4.82. The molecule has 0 spiro atoms. The quantitative estimate of drug-likeness (QED) is 0.243. The number of piperazine rings is 1. The Kier molecular flexibility index (Phi) is 9.05. The van der Waals surface area contributed by atoms with Crippen molar-refractivity contribution in [1.82, 2.24) is 19.4 Å². The molecule has 14 heteroatoms. The number of rotatable bonds is 6. The Labute approximate surface area is 269 Å². The van der Waals surface area contributed by atoms with Crippen molar-refractivity contribution < 1.29 is 41.8 Å². The lowest BCUT2D eigenvalue weighted by molar-refractivity contribution is -0.274. The first-order chi connectivity index (χ1) is 22.1. The molecule has 1 fully saturated rings. The summed E-state index contributed by atoms with van der Waals surface area (Å²) < 4.78 is 54.3. The number of amides is 3. The van der Waals surface area contributed by atoms with Gasteiger partial charge < -0.3 is 33.5 Å². The van der Waals surface area contributed by atoms with Crippen LogP contribution in [0.4, 0.5) is 23.7 Å². The third-order valence-electron chi connectivity index (χ3n) is 7.42. The van der Waals surface area contributed by atoms with Gasteiger partial charge in [0.1, 0.15) is 22.8 Å². The van der Waals surface area contributed by atoms with Gasteiger partial charge in [-0.25, -0.2) is 9.78 Å². The first kappa shape index (κ1) is 33.1. The molecule has 0 N–H and O–H groups in total. The molecule has 2 aromatic carbocycles. The molecule has 0 atom stereocenters. The highest BCUT2D eigenvalue weighted by atomic mass is 19.4. The minimum absolute atomic E-state index is 0.142. The Balaban J connectivity index is 1.21. The molecule has 4 aromatic rings. The van der Waals surface area contributed by atoms with Crippen molar-refractivity contribution >= 4 is 34.5 Å². The average Bonchev–Trinajstić information content (AvgIpc) is 3.34. The second-order valence-corrected chi connectivity index (χ2v) is 12.0. The summed E-state index contributed by atoms with van der Waals surface area (Å²) in [6.07, 6.45) is -3.77. The Morgan fingerprint density at radius 3 is 2.09 bits per heavy atom. The molecular weight excluding hydrogens is 619 g/mol. The molecule has 0 aliphatic carbocycles. The molecule has 5 rings (SSSR count). The number of alkyl halides is 3. The maximum Gasteiger partial charge on any atom is 0.573 e. The van der Waals surface area contributed by atoms with Crippen LogP contribution in [-0.4, -0.2) is 82.4 Å². The molecule has 1 saturated heterocycles. The van der Waals surface area contributed by atoms with E-state index in [4.69, 9.17) is 9.47 Å². The fourth-order valence-corrected chi connectivity index (χ4v) is 5.02. The van der Waals surface area contributed by atoms with Crippen LogP contribution in [0.1, 0.15) is 41.6 Å². The molecule has 1 aliphatic rings. The minimum Gasteiger partial charge on any atom is -0.444 e. The van der Waals surface area contributed by atoms with Crippen LogP contribution in [0.3, 0.4) is 0 Å². The lowest BCUT2D eigenvalue weighted by atomic mass is 10.2. The van der Waals surface area contributed by atoms with E-state index >= 15 is 0 Å². The molecular formula is C33H34F3N5O6. The van der Waals surface area contributed by atoms with Crippen molar-refractivity contribution in [3.8, 4) is 17.4 Å². The summed E-state index contributed by atoms with van der Waals surface area (Å²) in [4.78, 5) is 47.6. The van der Waals surface area contributed by atoms with Gasteiger partial charge in [-0.2, -0.15) is 0 Å². The maximum atomic E-state index is 13.4. The number of ether oxygens (including phenoxy) is 3. The van der Waals surface area contributed by atoms with Crippen LogP contribution in [0, 0.1) is 0 Å². The number of fused-ring (bicyclic) bond motifs is 1. The predicted molar refractivity (Wildman–Crippen MR) is 167 cm³/mol.